The predicted octanol–water partition coefficient (Wildman–Crippen LogP) is 4.87. The number of carbonyl (C=O) groups is 1. The van der Waals surface area contributed by atoms with E-state index < -0.39 is 5.97 Å². The summed E-state index contributed by atoms with van der Waals surface area (Å²) in [5.41, 5.74) is 0. The molecule has 0 aliphatic carbocycles. The van der Waals surface area contributed by atoms with Gasteiger partial charge in [0.1, 0.15) is 0 Å². The normalized spacial score (nSPS) is 9.04. The summed E-state index contributed by atoms with van der Waals surface area (Å²) in [6.07, 6.45) is 19.9. The first kappa shape index (κ1) is 36.3. The Morgan fingerprint density at radius 1 is 0.625 bits per heavy atom. The second kappa shape index (κ2) is 32.1. The molecule has 24 heavy (non-hydrogen) atoms. The summed E-state index contributed by atoms with van der Waals surface area (Å²) >= 11 is 0. The number of hydrogen-bond donors (Lipinski definition) is 0. The molecule has 0 spiro atoms. The zero-order valence-electron chi connectivity index (χ0n) is 16.0. The fraction of sp³-hybridized carbons (Fsp3) is 0.944. The van der Waals surface area contributed by atoms with Gasteiger partial charge in [0.05, 0.1) is 0 Å². The minimum absolute atomic E-state index is 0. The van der Waals surface area contributed by atoms with E-state index in [0.717, 1.165) is 12.8 Å². The second-order valence-corrected chi connectivity index (χ2v) is 6.07. The Balaban J connectivity index is -0.000000301. The molecule has 0 heterocycles. The van der Waals surface area contributed by atoms with Crippen LogP contribution in [0.1, 0.15) is 110 Å². The summed E-state index contributed by atoms with van der Waals surface area (Å²) in [5.74, 6) is -0.903. The van der Waals surface area contributed by atoms with Crippen LogP contribution in [0.5, 0.6) is 0 Å². The van der Waals surface area contributed by atoms with Crippen LogP contribution in [0.25, 0.3) is 0 Å². The van der Waals surface area contributed by atoms with E-state index in [0.29, 0.717) is 0 Å². The van der Waals surface area contributed by atoms with E-state index >= 15 is 0 Å². The van der Waals surface area contributed by atoms with Crippen LogP contribution in [0.15, 0.2) is 0 Å². The fourth-order valence-corrected chi connectivity index (χ4v) is 2.64. The van der Waals surface area contributed by atoms with E-state index in [1.807, 2.05) is 0 Å². The third-order valence-electron chi connectivity index (χ3n) is 3.98. The average Bonchev–Trinajstić information content (AvgIpc) is 2.43. The molecule has 0 amide bonds. The maximum absolute atomic E-state index is 10.2. The number of carboxylic acids is 1. The van der Waals surface area contributed by atoms with Gasteiger partial charge in [-0.1, -0.05) is 96.8 Å². The summed E-state index contributed by atoms with van der Waals surface area (Å²) in [4.78, 5) is 10.2. The number of carbonyl (C=O) groups excluding carboxylic acids is 1. The zero-order valence-corrected chi connectivity index (χ0v) is 23.4. The van der Waals surface area contributed by atoms with E-state index in [9.17, 15) is 9.90 Å². The van der Waals surface area contributed by atoms with Crippen molar-refractivity contribution in [1.29, 1.82) is 0 Å². The Morgan fingerprint density at radius 2 is 0.875 bits per heavy atom. The van der Waals surface area contributed by atoms with E-state index in [1.165, 1.54) is 83.5 Å². The van der Waals surface area contributed by atoms with Gasteiger partial charge in [-0.05, 0) is 12.8 Å². The Kier molecular flexibility index (Phi) is 48.6. The molecule has 0 rings (SSSR count). The van der Waals surface area contributed by atoms with E-state index in [-0.39, 0.29) is 72.6 Å². The zero-order chi connectivity index (χ0) is 14.9. The van der Waals surface area contributed by atoms with Gasteiger partial charge in [-0.2, -0.15) is 0 Å². The quantitative estimate of drug-likeness (QED) is 0.235. The van der Waals surface area contributed by atoms with Gasteiger partial charge >= 0.3 is 60.7 Å². The van der Waals surface area contributed by atoms with Crippen LogP contribution < -0.4 is 5.11 Å². The van der Waals surface area contributed by atoms with Crippen LogP contribution in [0.4, 0.5) is 0 Å². The molecule has 0 radical (unpaired) electrons. The molecule has 0 atom stereocenters. The Hall–Kier alpha value is 1.39. The molecule has 0 N–H and O–H groups in total. The maximum atomic E-state index is 10.2. The van der Waals surface area contributed by atoms with Gasteiger partial charge in [0.15, 0.2) is 0 Å². The third-order valence-corrected chi connectivity index (χ3v) is 3.98. The van der Waals surface area contributed by atoms with E-state index in [4.69, 9.17) is 0 Å². The van der Waals surface area contributed by atoms with Crippen LogP contribution in [0, 0.1) is 0 Å². The van der Waals surface area contributed by atoms with E-state index in [1.54, 1.807) is 0 Å². The fourth-order valence-electron chi connectivity index (χ4n) is 2.64. The molecule has 3 nitrogen and oxygen atoms in total. The number of rotatable bonds is 16. The maximum Gasteiger partial charge on any atom is 4.00 e. The first-order valence-corrected chi connectivity index (χ1v) is 8.97. The predicted molar refractivity (Wildman–Crippen MR) is 85.2 cm³/mol. The molecule has 6 heteroatoms. The Bertz CT molecular complexity index is 220. The third kappa shape index (κ3) is 34.7. The SMILES string of the molecule is CCCCCCCCCCCCCCCCCC(=O)[O-].[O-2].[Ti+4].[Zn+2].[Zn+2]. The molecule has 0 bridgehead atoms. The minimum atomic E-state index is -0.903. The van der Waals surface area contributed by atoms with Crippen molar-refractivity contribution in [2.24, 2.45) is 0 Å². The molecule has 0 aromatic rings. The first-order chi connectivity index (χ1) is 9.77. The summed E-state index contributed by atoms with van der Waals surface area (Å²) in [6.45, 7) is 2.27. The number of aliphatic carboxylic acids is 1. The van der Waals surface area contributed by atoms with E-state index in [2.05, 4.69) is 6.92 Å². The second-order valence-electron chi connectivity index (χ2n) is 6.07. The summed E-state index contributed by atoms with van der Waals surface area (Å²) in [5, 5.41) is 10.2. The average molecular weight is 478 g/mol. The molecule has 0 aliphatic rings. The van der Waals surface area contributed by atoms with Gasteiger partial charge < -0.3 is 15.4 Å². The number of unbranched alkanes of at least 4 members (excludes halogenated alkanes) is 14. The van der Waals surface area contributed by atoms with Crippen molar-refractivity contribution in [1.82, 2.24) is 0 Å². The van der Waals surface area contributed by atoms with Crippen LogP contribution in [-0.2, 0) is 70.9 Å². The van der Waals surface area contributed by atoms with Gasteiger partial charge in [0.25, 0.3) is 0 Å². The molecule has 0 saturated heterocycles. The molecule has 128 valence electrons. The minimum Gasteiger partial charge on any atom is -2.00 e. The number of carboxylic acid groups (broad SMARTS) is 1. The van der Waals surface area contributed by atoms with Gasteiger partial charge in [-0.3, -0.25) is 0 Å². The summed E-state index contributed by atoms with van der Waals surface area (Å²) in [6, 6.07) is 0. The van der Waals surface area contributed by atoms with Crippen molar-refractivity contribution in [3.63, 3.8) is 0 Å². The van der Waals surface area contributed by atoms with Crippen LogP contribution in [-0.4, -0.2) is 5.97 Å². The molecule has 0 aromatic heterocycles. The molecular weight excluding hydrogens is 443 g/mol. The van der Waals surface area contributed by atoms with Gasteiger partial charge in [-0.15, -0.1) is 0 Å². The van der Waals surface area contributed by atoms with Crippen LogP contribution in [0.3, 0.4) is 0 Å². The van der Waals surface area contributed by atoms with Crippen molar-refractivity contribution >= 4 is 5.97 Å². The molecule has 0 fully saturated rings. The van der Waals surface area contributed by atoms with Crippen molar-refractivity contribution in [3.8, 4) is 0 Å². The van der Waals surface area contributed by atoms with Gasteiger partial charge in [0.2, 0.25) is 0 Å². The van der Waals surface area contributed by atoms with Crippen molar-refractivity contribution in [2.75, 3.05) is 0 Å². The molecule has 0 unspecified atom stereocenters. The molecular formula is C18H35O3TiZn2+5. The summed E-state index contributed by atoms with van der Waals surface area (Å²) < 4.78 is 0. The standard InChI is InChI=1S/C18H36O2.O.Ti.2Zn/c1-2-3-4-5-6-7-8-9-10-11-12-13-14-15-16-17-18(19)20;;;;/h2-17H2,1H3,(H,19,20);;;;/q;-2;+4;2*+2/p-1. The molecule has 0 aliphatic heterocycles. The smallest absolute Gasteiger partial charge is 2.00 e. The molecule has 0 aromatic carbocycles. The first-order valence-electron chi connectivity index (χ1n) is 8.97. The van der Waals surface area contributed by atoms with Crippen molar-refractivity contribution in [2.45, 2.75) is 110 Å². The van der Waals surface area contributed by atoms with Crippen LogP contribution in [0.2, 0.25) is 0 Å². The Morgan fingerprint density at radius 3 is 1.12 bits per heavy atom. The topological polar surface area (TPSA) is 68.6 Å². The van der Waals surface area contributed by atoms with Gasteiger partial charge in [-0.25, -0.2) is 0 Å². The number of hydrogen-bond acceptors (Lipinski definition) is 2. The van der Waals surface area contributed by atoms with Gasteiger partial charge in [0, 0.05) is 5.97 Å². The Labute approximate surface area is 190 Å². The van der Waals surface area contributed by atoms with Crippen LogP contribution >= 0.6 is 0 Å². The molecule has 0 saturated carbocycles. The largest absolute Gasteiger partial charge is 4.00 e. The van der Waals surface area contributed by atoms with Crippen molar-refractivity contribution in [3.05, 3.63) is 0 Å². The summed E-state index contributed by atoms with van der Waals surface area (Å²) in [7, 11) is 0. The van der Waals surface area contributed by atoms with Crippen molar-refractivity contribution < 1.29 is 76.1 Å². The monoisotopic (exact) mass is 475 g/mol.